The highest BCUT2D eigenvalue weighted by molar-refractivity contribution is 6.05. The van der Waals surface area contributed by atoms with Crippen LogP contribution in [0.25, 0.3) is 5.69 Å². The summed E-state index contributed by atoms with van der Waals surface area (Å²) in [6.07, 6.45) is 10.1. The van der Waals surface area contributed by atoms with Crippen molar-refractivity contribution < 1.29 is 19.2 Å². The van der Waals surface area contributed by atoms with Crippen LogP contribution < -0.4 is 10.6 Å². The normalized spacial score (nSPS) is 25.2. The highest BCUT2D eigenvalue weighted by Gasteiger charge is 2.43. The van der Waals surface area contributed by atoms with E-state index in [1.807, 2.05) is 0 Å². The van der Waals surface area contributed by atoms with Crippen LogP contribution in [0.4, 0.5) is 0 Å². The molecule has 3 heterocycles. The minimum atomic E-state index is -0.697. The van der Waals surface area contributed by atoms with Crippen LogP contribution in [0.1, 0.15) is 72.4 Å². The van der Waals surface area contributed by atoms with Gasteiger partial charge in [0.15, 0.2) is 5.69 Å². The number of hydrogen-bond acceptors (Lipinski definition) is 6. The number of rotatable bonds is 4. The summed E-state index contributed by atoms with van der Waals surface area (Å²) in [5.74, 6) is 1.36. The molecule has 2 fully saturated rings. The first-order valence-electron chi connectivity index (χ1n) is 11.6. The molecule has 35 heavy (non-hydrogen) atoms. The Morgan fingerprint density at radius 3 is 2.74 bits per heavy atom. The first kappa shape index (κ1) is 22.8. The van der Waals surface area contributed by atoms with Crippen LogP contribution in [0.3, 0.4) is 0 Å². The largest absolute Gasteiger partial charge is 0.334 e. The fourth-order valence-electron chi connectivity index (χ4n) is 5.29. The summed E-state index contributed by atoms with van der Waals surface area (Å²) in [7, 11) is 0. The maximum absolute atomic E-state index is 12.9. The zero-order valence-electron chi connectivity index (χ0n) is 19.6. The summed E-state index contributed by atoms with van der Waals surface area (Å²) in [6, 6.07) is 4.50. The van der Waals surface area contributed by atoms with Crippen molar-refractivity contribution >= 4 is 23.6 Å². The third-order valence-corrected chi connectivity index (χ3v) is 7.14. The van der Waals surface area contributed by atoms with E-state index in [4.69, 9.17) is 6.42 Å². The van der Waals surface area contributed by atoms with Gasteiger partial charge in [-0.05, 0) is 54.9 Å². The van der Waals surface area contributed by atoms with Gasteiger partial charge in [-0.1, -0.05) is 25.0 Å². The van der Waals surface area contributed by atoms with E-state index in [1.165, 1.54) is 15.8 Å². The minimum Gasteiger partial charge on any atom is -0.334 e. The van der Waals surface area contributed by atoms with E-state index in [-0.39, 0.29) is 41.8 Å². The SMILES string of the molecule is C#CC1(NC(=O)c2cn(-c3ccc4c(c3)CN(C3CCC(=O)NC3=O)C4=O)nn2)CCC(C)(C)C1. The number of imide groups is 1. The summed E-state index contributed by atoms with van der Waals surface area (Å²) in [5.41, 5.74) is 1.36. The van der Waals surface area contributed by atoms with Crippen molar-refractivity contribution in [3.63, 3.8) is 0 Å². The van der Waals surface area contributed by atoms with Gasteiger partial charge in [0, 0.05) is 18.5 Å². The number of amides is 4. The van der Waals surface area contributed by atoms with Crippen LogP contribution in [0, 0.1) is 17.8 Å². The molecule has 180 valence electrons. The summed E-state index contributed by atoms with van der Waals surface area (Å²) >= 11 is 0. The second-order valence-corrected chi connectivity index (χ2v) is 10.3. The predicted octanol–water partition coefficient (Wildman–Crippen LogP) is 1.34. The molecule has 3 aliphatic rings. The molecule has 1 aromatic heterocycles. The van der Waals surface area contributed by atoms with Gasteiger partial charge in [-0.3, -0.25) is 24.5 Å². The lowest BCUT2D eigenvalue weighted by atomic mass is 9.88. The Morgan fingerprint density at radius 2 is 2.06 bits per heavy atom. The van der Waals surface area contributed by atoms with Crippen molar-refractivity contribution in [2.45, 2.75) is 64.1 Å². The van der Waals surface area contributed by atoms with Crippen LogP contribution in [-0.2, 0) is 16.1 Å². The topological polar surface area (TPSA) is 126 Å². The predicted molar refractivity (Wildman–Crippen MR) is 124 cm³/mol. The Kier molecular flexibility index (Phi) is 5.24. The number of carbonyl (C=O) groups is 4. The fraction of sp³-hybridized carbons (Fsp3) is 0.440. The van der Waals surface area contributed by atoms with Crippen molar-refractivity contribution in [3.05, 3.63) is 41.2 Å². The average molecular weight is 475 g/mol. The molecule has 4 amide bonds. The smallest absolute Gasteiger partial charge is 0.274 e. The molecule has 5 rings (SSSR count). The molecule has 2 N–H and O–H groups in total. The van der Waals surface area contributed by atoms with Crippen LogP contribution in [0.15, 0.2) is 24.4 Å². The lowest BCUT2D eigenvalue weighted by molar-refractivity contribution is -0.136. The second kappa shape index (κ2) is 8.05. The quantitative estimate of drug-likeness (QED) is 0.509. The number of nitrogens with one attached hydrogen (secondary N) is 2. The Labute approximate surface area is 202 Å². The molecule has 1 saturated carbocycles. The van der Waals surface area contributed by atoms with Crippen molar-refractivity contribution in [2.75, 3.05) is 0 Å². The number of fused-ring (bicyclic) bond motifs is 1. The third-order valence-electron chi connectivity index (χ3n) is 7.14. The van der Waals surface area contributed by atoms with Gasteiger partial charge in [0.25, 0.3) is 11.8 Å². The lowest BCUT2D eigenvalue weighted by Gasteiger charge is -2.29. The van der Waals surface area contributed by atoms with Gasteiger partial charge in [-0.25, -0.2) is 4.68 Å². The molecule has 1 aliphatic carbocycles. The molecule has 2 aliphatic heterocycles. The summed E-state index contributed by atoms with van der Waals surface area (Å²) < 4.78 is 1.47. The van der Waals surface area contributed by atoms with E-state index in [1.54, 1.807) is 18.2 Å². The van der Waals surface area contributed by atoms with Crippen molar-refractivity contribution in [3.8, 4) is 18.0 Å². The number of carbonyl (C=O) groups excluding carboxylic acids is 4. The molecular formula is C25H26N6O4. The van der Waals surface area contributed by atoms with E-state index in [9.17, 15) is 19.2 Å². The molecule has 0 spiro atoms. The van der Waals surface area contributed by atoms with E-state index >= 15 is 0 Å². The Hall–Kier alpha value is -4.00. The first-order chi connectivity index (χ1) is 16.6. The van der Waals surface area contributed by atoms with Crippen molar-refractivity contribution in [1.82, 2.24) is 30.5 Å². The Morgan fingerprint density at radius 1 is 1.26 bits per heavy atom. The monoisotopic (exact) mass is 474 g/mol. The van der Waals surface area contributed by atoms with Crippen LogP contribution in [0.2, 0.25) is 0 Å². The fourth-order valence-corrected chi connectivity index (χ4v) is 5.29. The van der Waals surface area contributed by atoms with Gasteiger partial charge in [0.05, 0.1) is 11.9 Å². The molecular weight excluding hydrogens is 448 g/mol. The summed E-state index contributed by atoms with van der Waals surface area (Å²) in [5, 5.41) is 13.4. The number of terminal acetylenes is 1. The standard InChI is InChI=1S/C25H26N6O4/c1-4-25(10-9-24(2,3)14-25)27-21(33)18-13-31(29-28-18)16-5-6-17-15(11-16)12-30(23(17)35)19-7-8-20(32)26-22(19)34/h1,5-6,11,13,19H,7-10,12,14H2,2-3H3,(H,27,33)(H,26,32,34). The maximum atomic E-state index is 12.9. The van der Waals surface area contributed by atoms with Crippen molar-refractivity contribution in [1.29, 1.82) is 0 Å². The molecule has 0 radical (unpaired) electrons. The molecule has 10 heteroatoms. The Balaban J connectivity index is 1.32. The molecule has 2 aromatic rings. The van der Waals surface area contributed by atoms with E-state index in [0.717, 1.165) is 12.0 Å². The van der Waals surface area contributed by atoms with Gasteiger partial charge in [-0.15, -0.1) is 11.5 Å². The zero-order chi connectivity index (χ0) is 25.0. The van der Waals surface area contributed by atoms with Crippen LogP contribution in [-0.4, -0.2) is 55.1 Å². The third kappa shape index (κ3) is 4.07. The first-order valence-corrected chi connectivity index (χ1v) is 11.6. The average Bonchev–Trinajstić information content (AvgIpc) is 3.50. The highest BCUT2D eigenvalue weighted by atomic mass is 16.2. The number of benzene rings is 1. The van der Waals surface area contributed by atoms with Crippen LogP contribution >= 0.6 is 0 Å². The van der Waals surface area contributed by atoms with Crippen LogP contribution in [0.5, 0.6) is 0 Å². The lowest BCUT2D eigenvalue weighted by Crippen LogP contribution is -2.52. The Bertz CT molecular complexity index is 1310. The second-order valence-electron chi connectivity index (χ2n) is 10.3. The summed E-state index contributed by atoms with van der Waals surface area (Å²) in [4.78, 5) is 51.0. The molecule has 0 bridgehead atoms. The van der Waals surface area contributed by atoms with E-state index in [2.05, 4.69) is 40.7 Å². The van der Waals surface area contributed by atoms with Gasteiger partial charge >= 0.3 is 0 Å². The molecule has 2 atom stereocenters. The van der Waals surface area contributed by atoms with Gasteiger partial charge in [-0.2, -0.15) is 0 Å². The maximum Gasteiger partial charge on any atom is 0.274 e. The molecule has 1 saturated heterocycles. The zero-order valence-corrected chi connectivity index (χ0v) is 19.6. The molecule has 10 nitrogen and oxygen atoms in total. The van der Waals surface area contributed by atoms with Gasteiger partial charge < -0.3 is 10.2 Å². The number of nitrogens with zero attached hydrogens (tertiary/aromatic N) is 4. The molecule has 2 unspecified atom stereocenters. The molecule has 1 aromatic carbocycles. The van der Waals surface area contributed by atoms with Gasteiger partial charge in [0.2, 0.25) is 11.8 Å². The van der Waals surface area contributed by atoms with E-state index < -0.39 is 17.5 Å². The van der Waals surface area contributed by atoms with E-state index in [0.29, 0.717) is 30.5 Å². The number of hydrogen-bond donors (Lipinski definition) is 2. The highest BCUT2D eigenvalue weighted by Crippen LogP contribution is 2.43. The summed E-state index contributed by atoms with van der Waals surface area (Å²) in [6.45, 7) is 4.51. The minimum absolute atomic E-state index is 0.0564. The van der Waals surface area contributed by atoms with Crippen molar-refractivity contribution in [2.24, 2.45) is 5.41 Å². The van der Waals surface area contributed by atoms with Gasteiger partial charge in [0.1, 0.15) is 11.6 Å². The number of aromatic nitrogens is 3. The number of piperidine rings is 1.